The molecule has 2 rings (SSSR count). The molecule has 0 bridgehead atoms. The van der Waals surface area contributed by atoms with Crippen molar-refractivity contribution in [3.8, 4) is 0 Å². The average molecular weight is 230 g/mol. The molecule has 5 atom stereocenters. The van der Waals surface area contributed by atoms with Crippen molar-refractivity contribution in [3.05, 3.63) is 0 Å². The van der Waals surface area contributed by atoms with Gasteiger partial charge in [0.25, 0.3) is 6.02 Å². The summed E-state index contributed by atoms with van der Waals surface area (Å²) in [5.41, 5.74) is 0. The Labute approximate surface area is 94.2 Å². The van der Waals surface area contributed by atoms with Crippen LogP contribution in [0.3, 0.4) is 0 Å². The third kappa shape index (κ3) is 1.77. The minimum Gasteiger partial charge on any atom is -0.459 e. The van der Waals surface area contributed by atoms with Crippen LogP contribution >= 0.6 is 0 Å². The monoisotopic (exact) mass is 230 g/mol. The molecule has 6 heteroatoms. The molecule has 0 amide bonds. The number of aliphatic imine (C=N–C) groups is 1. The fourth-order valence-corrected chi connectivity index (χ4v) is 2.25. The summed E-state index contributed by atoms with van der Waals surface area (Å²) in [7, 11) is 3.62. The molecule has 2 aliphatic rings. The molecule has 0 saturated heterocycles. The minimum atomic E-state index is -0.964. The van der Waals surface area contributed by atoms with Crippen LogP contribution in [0.4, 0.5) is 0 Å². The second-order valence-corrected chi connectivity index (χ2v) is 4.61. The van der Waals surface area contributed by atoms with E-state index in [1.165, 1.54) is 0 Å². The van der Waals surface area contributed by atoms with Crippen molar-refractivity contribution in [2.24, 2.45) is 10.9 Å². The zero-order valence-corrected chi connectivity index (χ0v) is 9.45. The SMILES string of the molecule is CN(C)C1=N[C@H]2[C@@H](O)[C@H](O)[C@@H](CO)C[C@H]2O1. The Hall–Kier alpha value is -0.850. The van der Waals surface area contributed by atoms with Crippen molar-refractivity contribution >= 4 is 6.02 Å². The van der Waals surface area contributed by atoms with Crippen LogP contribution in [0.25, 0.3) is 0 Å². The lowest BCUT2D eigenvalue weighted by Gasteiger charge is -2.36. The molecule has 1 heterocycles. The second-order valence-electron chi connectivity index (χ2n) is 4.61. The summed E-state index contributed by atoms with van der Waals surface area (Å²) in [6.45, 7) is -0.151. The molecule has 3 N–H and O–H groups in total. The predicted octanol–water partition coefficient (Wildman–Crippen LogP) is -1.59. The zero-order chi connectivity index (χ0) is 11.9. The number of amidine groups is 1. The van der Waals surface area contributed by atoms with Crippen molar-refractivity contribution in [1.29, 1.82) is 0 Å². The summed E-state index contributed by atoms with van der Waals surface area (Å²) >= 11 is 0. The van der Waals surface area contributed by atoms with Crippen molar-refractivity contribution < 1.29 is 20.1 Å². The van der Waals surface area contributed by atoms with Crippen LogP contribution in [0.2, 0.25) is 0 Å². The maximum absolute atomic E-state index is 9.88. The first-order valence-corrected chi connectivity index (χ1v) is 5.43. The quantitative estimate of drug-likeness (QED) is 0.505. The van der Waals surface area contributed by atoms with Gasteiger partial charge in [0, 0.05) is 26.6 Å². The number of nitrogens with zero attached hydrogens (tertiary/aromatic N) is 2. The van der Waals surface area contributed by atoms with Crippen LogP contribution < -0.4 is 0 Å². The second kappa shape index (κ2) is 4.20. The van der Waals surface area contributed by atoms with Gasteiger partial charge in [0.15, 0.2) is 0 Å². The first-order chi connectivity index (χ1) is 7.54. The number of ether oxygens (including phenoxy) is 1. The fourth-order valence-electron chi connectivity index (χ4n) is 2.25. The number of hydrogen-bond acceptors (Lipinski definition) is 6. The van der Waals surface area contributed by atoms with Crippen molar-refractivity contribution in [2.75, 3.05) is 20.7 Å². The lowest BCUT2D eigenvalue weighted by Crippen LogP contribution is -2.52. The number of rotatable bonds is 1. The maximum Gasteiger partial charge on any atom is 0.287 e. The van der Waals surface area contributed by atoms with Gasteiger partial charge in [0.1, 0.15) is 18.2 Å². The van der Waals surface area contributed by atoms with Crippen LogP contribution in [0.5, 0.6) is 0 Å². The molecule has 6 nitrogen and oxygen atoms in total. The summed E-state index contributed by atoms with van der Waals surface area (Å²) in [4.78, 5) is 5.97. The Balaban J connectivity index is 2.14. The molecule has 1 fully saturated rings. The van der Waals surface area contributed by atoms with Crippen molar-refractivity contribution in [3.63, 3.8) is 0 Å². The van der Waals surface area contributed by atoms with Gasteiger partial charge >= 0.3 is 0 Å². The van der Waals surface area contributed by atoms with E-state index in [-0.39, 0.29) is 18.6 Å². The Morgan fingerprint density at radius 2 is 2.06 bits per heavy atom. The molecule has 16 heavy (non-hydrogen) atoms. The van der Waals surface area contributed by atoms with Gasteiger partial charge in [-0.25, -0.2) is 4.99 Å². The summed E-state index contributed by atoms with van der Waals surface area (Å²) in [6.07, 6.45) is -1.62. The van der Waals surface area contributed by atoms with E-state index in [1.54, 1.807) is 4.90 Å². The number of fused-ring (bicyclic) bond motifs is 1. The number of aliphatic hydroxyl groups excluding tert-OH is 3. The van der Waals surface area contributed by atoms with Gasteiger partial charge in [0.05, 0.1) is 6.10 Å². The van der Waals surface area contributed by atoms with Crippen LogP contribution in [-0.2, 0) is 4.74 Å². The standard InChI is InChI=1S/C10H18N2O4/c1-12(2)10-11-7-6(16-10)3-5(4-13)8(14)9(7)15/h5-9,13-15H,3-4H2,1-2H3/t5-,6-,7-,8-,9-/m1/s1. The average Bonchev–Trinajstić information content (AvgIpc) is 2.67. The highest BCUT2D eigenvalue weighted by Crippen LogP contribution is 2.33. The molecule has 0 aromatic heterocycles. The molecule has 0 unspecified atom stereocenters. The van der Waals surface area contributed by atoms with E-state index < -0.39 is 18.2 Å². The highest BCUT2D eigenvalue weighted by atomic mass is 16.5. The predicted molar refractivity (Wildman–Crippen MR) is 57.0 cm³/mol. The molecule has 92 valence electrons. The van der Waals surface area contributed by atoms with Gasteiger partial charge in [-0.05, 0) is 6.42 Å². The Morgan fingerprint density at radius 1 is 1.38 bits per heavy atom. The van der Waals surface area contributed by atoms with Crippen LogP contribution in [0.1, 0.15) is 6.42 Å². The molecular weight excluding hydrogens is 212 g/mol. The Kier molecular flexibility index (Phi) is 3.05. The first kappa shape index (κ1) is 11.6. The summed E-state index contributed by atoms with van der Waals surface area (Å²) < 4.78 is 5.57. The van der Waals surface area contributed by atoms with Crippen molar-refractivity contribution in [2.45, 2.75) is 30.8 Å². The topological polar surface area (TPSA) is 85.5 Å². The van der Waals surface area contributed by atoms with E-state index in [9.17, 15) is 10.2 Å². The zero-order valence-electron chi connectivity index (χ0n) is 9.45. The van der Waals surface area contributed by atoms with Gasteiger partial charge in [-0.3, -0.25) is 0 Å². The number of hydrogen-bond donors (Lipinski definition) is 3. The van der Waals surface area contributed by atoms with Crippen LogP contribution in [0.15, 0.2) is 4.99 Å². The highest BCUT2D eigenvalue weighted by molar-refractivity contribution is 5.75. The lowest BCUT2D eigenvalue weighted by atomic mass is 9.80. The largest absolute Gasteiger partial charge is 0.459 e. The molecule has 0 aromatic carbocycles. The fraction of sp³-hybridized carbons (Fsp3) is 0.900. The Morgan fingerprint density at radius 3 is 2.62 bits per heavy atom. The summed E-state index contributed by atoms with van der Waals surface area (Å²) in [6, 6.07) is 0.0510. The molecule has 1 aliphatic heterocycles. The minimum absolute atomic E-state index is 0.151. The lowest BCUT2D eigenvalue weighted by molar-refractivity contribution is -0.0953. The summed E-state index contributed by atoms with van der Waals surface area (Å²) in [5.74, 6) is -0.340. The Bertz CT molecular complexity index is 295. The first-order valence-electron chi connectivity index (χ1n) is 5.43. The van der Waals surface area contributed by atoms with Gasteiger partial charge in [0.2, 0.25) is 0 Å². The van der Waals surface area contributed by atoms with E-state index in [2.05, 4.69) is 4.99 Å². The highest BCUT2D eigenvalue weighted by Gasteiger charge is 2.48. The van der Waals surface area contributed by atoms with E-state index >= 15 is 0 Å². The van der Waals surface area contributed by atoms with E-state index in [0.717, 1.165) is 0 Å². The third-order valence-electron chi connectivity index (χ3n) is 3.23. The molecule has 0 aromatic rings. The van der Waals surface area contributed by atoms with Gasteiger partial charge in [-0.2, -0.15) is 0 Å². The van der Waals surface area contributed by atoms with E-state index in [4.69, 9.17) is 9.84 Å². The molecular formula is C10H18N2O4. The van der Waals surface area contributed by atoms with Gasteiger partial charge < -0.3 is 25.0 Å². The number of aliphatic hydroxyl groups is 3. The molecule has 1 saturated carbocycles. The van der Waals surface area contributed by atoms with Gasteiger partial charge in [-0.15, -0.1) is 0 Å². The summed E-state index contributed by atoms with van der Waals surface area (Å²) in [5, 5.41) is 28.7. The third-order valence-corrected chi connectivity index (χ3v) is 3.23. The normalized spacial score (nSPS) is 42.3. The maximum atomic E-state index is 9.88. The van der Waals surface area contributed by atoms with Crippen LogP contribution in [-0.4, -0.2) is 71.3 Å². The van der Waals surface area contributed by atoms with E-state index in [1.807, 2.05) is 14.1 Å². The smallest absolute Gasteiger partial charge is 0.287 e. The van der Waals surface area contributed by atoms with E-state index in [0.29, 0.717) is 12.4 Å². The van der Waals surface area contributed by atoms with Gasteiger partial charge in [-0.1, -0.05) is 0 Å². The van der Waals surface area contributed by atoms with Crippen molar-refractivity contribution in [1.82, 2.24) is 4.90 Å². The molecule has 0 spiro atoms. The molecule has 1 aliphatic carbocycles. The van der Waals surface area contributed by atoms with Crippen LogP contribution in [0, 0.1) is 5.92 Å². The molecule has 0 radical (unpaired) electrons.